The van der Waals surface area contributed by atoms with Gasteiger partial charge >= 0.3 is 0 Å². The molecule has 0 atom stereocenters. The summed E-state index contributed by atoms with van der Waals surface area (Å²) in [5.74, 6) is -0.420. The molecular weight excluding hydrogens is 347 g/mol. The predicted molar refractivity (Wildman–Crippen MR) is 102 cm³/mol. The normalized spacial score (nSPS) is 10.4. The van der Waals surface area contributed by atoms with Gasteiger partial charge in [0, 0.05) is 11.8 Å². The minimum absolute atomic E-state index is 0.0276. The van der Waals surface area contributed by atoms with Crippen LogP contribution in [0.5, 0.6) is 5.75 Å². The summed E-state index contributed by atoms with van der Waals surface area (Å²) in [6, 6.07) is 16.2. The maximum absolute atomic E-state index is 13.9. The molecule has 27 heavy (non-hydrogen) atoms. The lowest BCUT2D eigenvalue weighted by Gasteiger charge is -2.12. The molecule has 2 aromatic carbocycles. The highest BCUT2D eigenvalue weighted by molar-refractivity contribution is 6.04. The van der Waals surface area contributed by atoms with E-state index < -0.39 is 17.3 Å². The molecule has 0 fully saturated rings. The summed E-state index contributed by atoms with van der Waals surface area (Å²) in [5.41, 5.74) is 0.333. The van der Waals surface area contributed by atoms with Crippen molar-refractivity contribution in [3.05, 3.63) is 94.2 Å². The van der Waals surface area contributed by atoms with Crippen molar-refractivity contribution in [2.45, 2.75) is 13.5 Å². The Bertz CT molecular complexity index is 1010. The van der Waals surface area contributed by atoms with Gasteiger partial charge in [-0.3, -0.25) is 9.59 Å². The first kappa shape index (κ1) is 18.4. The Hall–Kier alpha value is -3.41. The topological polar surface area (TPSA) is 60.3 Å². The third kappa shape index (κ3) is 4.23. The average molecular weight is 366 g/mol. The fraction of sp³-hybridized carbons (Fsp3) is 0.143. The number of para-hydroxylation sites is 2. The van der Waals surface area contributed by atoms with Gasteiger partial charge in [-0.1, -0.05) is 30.3 Å². The number of anilines is 1. The van der Waals surface area contributed by atoms with Gasteiger partial charge in [-0.15, -0.1) is 0 Å². The van der Waals surface area contributed by atoms with Gasteiger partial charge in [0.15, 0.2) is 0 Å². The van der Waals surface area contributed by atoms with E-state index in [1.807, 2.05) is 6.92 Å². The van der Waals surface area contributed by atoms with Gasteiger partial charge in [0.1, 0.15) is 17.1 Å². The number of pyridine rings is 1. The lowest BCUT2D eigenvalue weighted by molar-refractivity contribution is 0.102. The number of nitrogens with one attached hydrogen (secondary N) is 1. The summed E-state index contributed by atoms with van der Waals surface area (Å²) < 4.78 is 20.6. The molecule has 0 unspecified atom stereocenters. The van der Waals surface area contributed by atoms with Crippen molar-refractivity contribution in [3.8, 4) is 5.75 Å². The second-order valence-corrected chi connectivity index (χ2v) is 5.83. The number of nitrogens with zero attached hydrogens (tertiary/aromatic N) is 1. The van der Waals surface area contributed by atoms with Gasteiger partial charge in [-0.2, -0.15) is 0 Å². The van der Waals surface area contributed by atoms with Crippen LogP contribution in [-0.2, 0) is 6.54 Å². The van der Waals surface area contributed by atoms with Crippen LogP contribution >= 0.6 is 0 Å². The molecule has 3 aromatic rings. The number of carbonyl (C=O) groups excluding carboxylic acids is 1. The van der Waals surface area contributed by atoms with Gasteiger partial charge in [0.25, 0.3) is 11.5 Å². The highest BCUT2D eigenvalue weighted by Crippen LogP contribution is 2.24. The quantitative estimate of drug-likeness (QED) is 0.724. The Balaban J connectivity index is 1.86. The SMILES string of the molecule is CCOc1ccccc1NC(=O)c1cccn(Cc2ccccc2F)c1=O. The molecule has 0 radical (unpaired) electrons. The Kier molecular flexibility index (Phi) is 5.66. The summed E-state index contributed by atoms with van der Waals surface area (Å²) in [6.45, 7) is 2.34. The molecule has 0 aliphatic carbocycles. The molecule has 0 saturated heterocycles. The van der Waals surface area contributed by atoms with Crippen LogP contribution in [0.2, 0.25) is 0 Å². The first-order valence-corrected chi connectivity index (χ1v) is 8.56. The van der Waals surface area contributed by atoms with Crippen molar-refractivity contribution < 1.29 is 13.9 Å². The zero-order valence-corrected chi connectivity index (χ0v) is 14.8. The van der Waals surface area contributed by atoms with Crippen LogP contribution in [0.15, 0.2) is 71.7 Å². The maximum Gasteiger partial charge on any atom is 0.263 e. The van der Waals surface area contributed by atoms with E-state index in [1.54, 1.807) is 48.5 Å². The van der Waals surface area contributed by atoms with E-state index in [1.165, 1.54) is 22.9 Å². The number of carbonyl (C=O) groups is 1. The molecule has 0 spiro atoms. The van der Waals surface area contributed by atoms with Gasteiger partial charge in [0.05, 0.1) is 18.8 Å². The molecule has 0 bridgehead atoms. The molecule has 138 valence electrons. The number of rotatable bonds is 6. The molecule has 0 aliphatic rings. The van der Waals surface area contributed by atoms with Crippen molar-refractivity contribution in [2.75, 3.05) is 11.9 Å². The maximum atomic E-state index is 13.9. The second kappa shape index (κ2) is 8.31. The van der Waals surface area contributed by atoms with Crippen LogP contribution < -0.4 is 15.6 Å². The molecule has 0 saturated carbocycles. The third-order valence-corrected chi connectivity index (χ3v) is 4.00. The van der Waals surface area contributed by atoms with Crippen LogP contribution in [-0.4, -0.2) is 17.1 Å². The molecule has 5 nitrogen and oxygen atoms in total. The van der Waals surface area contributed by atoms with E-state index >= 15 is 0 Å². The summed E-state index contributed by atoms with van der Waals surface area (Å²) in [5, 5.41) is 2.70. The first-order chi connectivity index (χ1) is 13.1. The van der Waals surface area contributed by atoms with Gasteiger partial charge in [0.2, 0.25) is 0 Å². The monoisotopic (exact) mass is 366 g/mol. The number of halogens is 1. The number of aromatic nitrogens is 1. The Labute approximate surface area is 156 Å². The predicted octanol–water partition coefficient (Wildman–Crippen LogP) is 3.69. The third-order valence-electron chi connectivity index (χ3n) is 4.00. The van der Waals surface area contributed by atoms with Gasteiger partial charge in [-0.05, 0) is 37.3 Å². The number of hydrogen-bond donors (Lipinski definition) is 1. The molecule has 1 heterocycles. The summed E-state index contributed by atoms with van der Waals surface area (Å²) >= 11 is 0. The highest BCUT2D eigenvalue weighted by Gasteiger charge is 2.15. The number of hydrogen-bond acceptors (Lipinski definition) is 3. The van der Waals surface area contributed by atoms with E-state index in [2.05, 4.69) is 5.32 Å². The molecule has 0 aliphatic heterocycles. The first-order valence-electron chi connectivity index (χ1n) is 8.56. The van der Waals surface area contributed by atoms with Crippen LogP contribution in [0.25, 0.3) is 0 Å². The molecule has 3 rings (SSSR count). The van der Waals surface area contributed by atoms with E-state index in [0.717, 1.165) is 0 Å². The van der Waals surface area contributed by atoms with E-state index in [4.69, 9.17) is 4.74 Å². The van der Waals surface area contributed by atoms with Gasteiger partial charge < -0.3 is 14.6 Å². The zero-order valence-electron chi connectivity index (χ0n) is 14.8. The summed E-state index contributed by atoms with van der Waals surface area (Å²) in [7, 11) is 0. The molecular formula is C21H19FN2O3. The average Bonchev–Trinajstić information content (AvgIpc) is 2.67. The fourth-order valence-corrected chi connectivity index (χ4v) is 2.69. The smallest absolute Gasteiger partial charge is 0.263 e. The molecule has 1 N–H and O–H groups in total. The van der Waals surface area contributed by atoms with Crippen molar-refractivity contribution >= 4 is 11.6 Å². The van der Waals surface area contributed by atoms with E-state index in [-0.39, 0.29) is 12.1 Å². The van der Waals surface area contributed by atoms with Crippen LogP contribution in [0, 0.1) is 5.82 Å². The second-order valence-electron chi connectivity index (χ2n) is 5.83. The Morgan fingerprint density at radius 1 is 1.07 bits per heavy atom. The molecule has 6 heteroatoms. The molecule has 1 amide bonds. The zero-order chi connectivity index (χ0) is 19.2. The van der Waals surface area contributed by atoms with Crippen molar-refractivity contribution in [2.24, 2.45) is 0 Å². The van der Waals surface area contributed by atoms with Crippen LogP contribution in [0.4, 0.5) is 10.1 Å². The van der Waals surface area contributed by atoms with E-state index in [0.29, 0.717) is 23.6 Å². The number of amides is 1. The fourth-order valence-electron chi connectivity index (χ4n) is 2.69. The highest BCUT2D eigenvalue weighted by atomic mass is 19.1. The van der Waals surface area contributed by atoms with Crippen molar-refractivity contribution in [3.63, 3.8) is 0 Å². The standard InChI is InChI=1S/C21H19FN2O3/c1-2-27-19-12-6-5-11-18(19)23-20(25)16-9-7-13-24(21(16)26)14-15-8-3-4-10-17(15)22/h3-13H,2,14H2,1H3,(H,23,25). The Morgan fingerprint density at radius 2 is 1.81 bits per heavy atom. The van der Waals surface area contributed by atoms with Crippen LogP contribution in [0.1, 0.15) is 22.8 Å². The van der Waals surface area contributed by atoms with Crippen LogP contribution in [0.3, 0.4) is 0 Å². The summed E-state index contributed by atoms with van der Waals surface area (Å²) in [6.07, 6.45) is 1.53. The van der Waals surface area contributed by atoms with Crippen molar-refractivity contribution in [1.29, 1.82) is 0 Å². The van der Waals surface area contributed by atoms with Gasteiger partial charge in [-0.25, -0.2) is 4.39 Å². The number of benzene rings is 2. The molecule has 1 aromatic heterocycles. The Morgan fingerprint density at radius 3 is 2.59 bits per heavy atom. The lowest BCUT2D eigenvalue weighted by atomic mass is 10.2. The van der Waals surface area contributed by atoms with Crippen molar-refractivity contribution in [1.82, 2.24) is 4.57 Å². The number of ether oxygens (including phenoxy) is 1. The minimum Gasteiger partial charge on any atom is -0.492 e. The largest absolute Gasteiger partial charge is 0.492 e. The van der Waals surface area contributed by atoms with E-state index in [9.17, 15) is 14.0 Å². The lowest BCUT2D eigenvalue weighted by Crippen LogP contribution is -2.29. The summed E-state index contributed by atoms with van der Waals surface area (Å²) in [4.78, 5) is 25.3. The minimum atomic E-state index is -0.546.